The minimum Gasteiger partial charge on any atom is -0.397 e. The number of aryl methyl sites for hydroxylation is 1. The van der Waals surface area contributed by atoms with Crippen LogP contribution in [0.15, 0.2) is 30.3 Å². The van der Waals surface area contributed by atoms with Crippen LogP contribution in [0, 0.1) is 5.82 Å². The number of nitrogens with one attached hydrogen (secondary N) is 2. The SMILES string of the molecule is Nc1cc2c(cc1Nc1ccc(Cl)c(F)c1)CCC(=O)N2. The zero-order chi connectivity index (χ0) is 15.0. The average Bonchev–Trinajstić information content (AvgIpc) is 2.44. The number of nitrogen functional groups attached to an aromatic ring is 1. The van der Waals surface area contributed by atoms with Gasteiger partial charge in [0.1, 0.15) is 5.82 Å². The molecule has 2 aromatic carbocycles. The number of amides is 1. The van der Waals surface area contributed by atoms with Crippen molar-refractivity contribution in [2.75, 3.05) is 16.4 Å². The number of nitrogens with two attached hydrogens (primary N) is 1. The highest BCUT2D eigenvalue weighted by Gasteiger charge is 2.16. The van der Waals surface area contributed by atoms with Crippen molar-refractivity contribution in [1.82, 2.24) is 0 Å². The molecule has 2 aromatic rings. The molecule has 1 heterocycles. The zero-order valence-electron chi connectivity index (χ0n) is 11.0. The van der Waals surface area contributed by atoms with Crippen LogP contribution in [0.5, 0.6) is 0 Å². The molecule has 1 amide bonds. The summed E-state index contributed by atoms with van der Waals surface area (Å²) in [6.07, 6.45) is 1.11. The van der Waals surface area contributed by atoms with Crippen LogP contribution in [0.4, 0.5) is 27.1 Å². The molecule has 0 unspecified atom stereocenters. The number of anilines is 4. The van der Waals surface area contributed by atoms with E-state index >= 15 is 0 Å². The van der Waals surface area contributed by atoms with Gasteiger partial charge in [0.2, 0.25) is 5.91 Å². The molecule has 108 valence electrons. The summed E-state index contributed by atoms with van der Waals surface area (Å²) in [7, 11) is 0. The molecule has 0 saturated carbocycles. The summed E-state index contributed by atoms with van der Waals surface area (Å²) in [5, 5.41) is 5.92. The Bertz CT molecular complexity index is 733. The number of rotatable bonds is 2. The molecular weight excluding hydrogens is 293 g/mol. The number of hydrogen-bond acceptors (Lipinski definition) is 3. The van der Waals surface area contributed by atoms with Gasteiger partial charge in [0.25, 0.3) is 0 Å². The first-order valence-corrected chi connectivity index (χ1v) is 6.85. The van der Waals surface area contributed by atoms with Crippen molar-refractivity contribution in [3.63, 3.8) is 0 Å². The number of fused-ring (bicyclic) bond motifs is 1. The topological polar surface area (TPSA) is 67.1 Å². The normalized spacial score (nSPS) is 13.5. The molecule has 0 spiro atoms. The Hall–Kier alpha value is -2.27. The predicted octanol–water partition coefficient (Wildman–Crippen LogP) is 3.69. The van der Waals surface area contributed by atoms with Gasteiger partial charge in [0, 0.05) is 17.8 Å². The fourth-order valence-corrected chi connectivity index (χ4v) is 2.40. The summed E-state index contributed by atoms with van der Waals surface area (Å²) < 4.78 is 13.4. The molecule has 6 heteroatoms. The lowest BCUT2D eigenvalue weighted by atomic mass is 10.0. The van der Waals surface area contributed by atoms with E-state index in [0.717, 1.165) is 11.3 Å². The lowest BCUT2D eigenvalue weighted by Gasteiger charge is -2.20. The average molecular weight is 306 g/mol. The second kappa shape index (κ2) is 5.26. The Balaban J connectivity index is 1.92. The molecule has 0 aliphatic carbocycles. The van der Waals surface area contributed by atoms with E-state index < -0.39 is 5.82 Å². The summed E-state index contributed by atoms with van der Waals surface area (Å²) in [5.74, 6) is -0.507. The third kappa shape index (κ3) is 2.78. The lowest BCUT2D eigenvalue weighted by molar-refractivity contribution is -0.116. The largest absolute Gasteiger partial charge is 0.397 e. The van der Waals surface area contributed by atoms with E-state index in [0.29, 0.717) is 29.9 Å². The van der Waals surface area contributed by atoms with Gasteiger partial charge < -0.3 is 16.4 Å². The van der Waals surface area contributed by atoms with Gasteiger partial charge in [0.05, 0.1) is 16.4 Å². The molecule has 0 radical (unpaired) electrons. The molecule has 0 saturated heterocycles. The second-order valence-electron chi connectivity index (χ2n) is 4.90. The van der Waals surface area contributed by atoms with E-state index in [-0.39, 0.29) is 10.9 Å². The highest BCUT2D eigenvalue weighted by Crippen LogP contribution is 2.33. The Morgan fingerprint density at radius 1 is 1.24 bits per heavy atom. The van der Waals surface area contributed by atoms with Crippen molar-refractivity contribution in [2.45, 2.75) is 12.8 Å². The van der Waals surface area contributed by atoms with Crippen LogP contribution >= 0.6 is 11.6 Å². The number of benzene rings is 2. The van der Waals surface area contributed by atoms with Crippen LogP contribution in [0.25, 0.3) is 0 Å². The maximum absolute atomic E-state index is 13.4. The van der Waals surface area contributed by atoms with E-state index in [1.165, 1.54) is 12.1 Å². The molecule has 4 N–H and O–H groups in total. The molecular formula is C15H13ClFN3O. The highest BCUT2D eigenvalue weighted by atomic mass is 35.5. The van der Waals surface area contributed by atoms with Gasteiger partial charge in [-0.1, -0.05) is 11.6 Å². The van der Waals surface area contributed by atoms with Gasteiger partial charge in [-0.25, -0.2) is 4.39 Å². The molecule has 4 nitrogen and oxygen atoms in total. The molecule has 1 aliphatic rings. The van der Waals surface area contributed by atoms with Crippen molar-refractivity contribution in [3.8, 4) is 0 Å². The maximum atomic E-state index is 13.4. The van der Waals surface area contributed by atoms with E-state index in [1.807, 2.05) is 6.07 Å². The summed E-state index contributed by atoms with van der Waals surface area (Å²) >= 11 is 5.66. The monoisotopic (exact) mass is 305 g/mol. The molecule has 21 heavy (non-hydrogen) atoms. The van der Waals surface area contributed by atoms with E-state index in [2.05, 4.69) is 10.6 Å². The van der Waals surface area contributed by atoms with Gasteiger partial charge in [-0.3, -0.25) is 4.79 Å². The van der Waals surface area contributed by atoms with Crippen LogP contribution in [0.1, 0.15) is 12.0 Å². The van der Waals surface area contributed by atoms with Crippen molar-refractivity contribution in [1.29, 1.82) is 0 Å². The number of carbonyl (C=O) groups excluding carboxylic acids is 1. The van der Waals surface area contributed by atoms with Crippen LogP contribution in [0.2, 0.25) is 5.02 Å². The Kier molecular flexibility index (Phi) is 3.43. The van der Waals surface area contributed by atoms with Crippen molar-refractivity contribution >= 4 is 40.3 Å². The van der Waals surface area contributed by atoms with E-state index in [9.17, 15) is 9.18 Å². The number of carbonyl (C=O) groups is 1. The Labute approximate surface area is 126 Å². The van der Waals surface area contributed by atoms with Crippen LogP contribution in [0.3, 0.4) is 0 Å². The lowest BCUT2D eigenvalue weighted by Crippen LogP contribution is -2.19. The smallest absolute Gasteiger partial charge is 0.224 e. The second-order valence-corrected chi connectivity index (χ2v) is 5.31. The van der Waals surface area contributed by atoms with Crippen molar-refractivity contribution in [3.05, 3.63) is 46.7 Å². The molecule has 0 atom stereocenters. The quantitative estimate of drug-likeness (QED) is 0.741. The molecule has 0 aromatic heterocycles. The van der Waals surface area contributed by atoms with Crippen LogP contribution < -0.4 is 16.4 Å². The first-order chi connectivity index (χ1) is 10.0. The van der Waals surface area contributed by atoms with Crippen LogP contribution in [-0.4, -0.2) is 5.91 Å². The molecule has 0 bridgehead atoms. The Morgan fingerprint density at radius 3 is 2.81 bits per heavy atom. The van der Waals surface area contributed by atoms with Gasteiger partial charge in [0.15, 0.2) is 0 Å². The van der Waals surface area contributed by atoms with Gasteiger partial charge in [-0.05, 0) is 42.3 Å². The summed E-state index contributed by atoms with van der Waals surface area (Å²) in [5.41, 5.74) is 9.42. The van der Waals surface area contributed by atoms with Gasteiger partial charge in [-0.2, -0.15) is 0 Å². The predicted molar refractivity (Wildman–Crippen MR) is 82.5 cm³/mol. The van der Waals surface area contributed by atoms with Crippen molar-refractivity contribution < 1.29 is 9.18 Å². The minimum absolute atomic E-state index is 0.0117. The summed E-state index contributed by atoms with van der Waals surface area (Å²) in [4.78, 5) is 11.4. The fraction of sp³-hybridized carbons (Fsp3) is 0.133. The first kappa shape index (κ1) is 13.7. The molecule has 1 aliphatic heterocycles. The van der Waals surface area contributed by atoms with Crippen LogP contribution in [-0.2, 0) is 11.2 Å². The first-order valence-electron chi connectivity index (χ1n) is 6.47. The fourth-order valence-electron chi connectivity index (χ4n) is 2.28. The van der Waals surface area contributed by atoms with Gasteiger partial charge in [-0.15, -0.1) is 0 Å². The Morgan fingerprint density at radius 2 is 2.05 bits per heavy atom. The third-order valence-electron chi connectivity index (χ3n) is 3.37. The van der Waals surface area contributed by atoms with Crippen molar-refractivity contribution in [2.24, 2.45) is 0 Å². The number of hydrogen-bond donors (Lipinski definition) is 3. The minimum atomic E-state index is -0.495. The standard InChI is InChI=1S/C15H13ClFN3O/c16-10-3-2-9(6-11(10)17)19-14-5-8-1-4-15(21)20-13(8)7-12(14)18/h2-3,5-7,19H,1,4,18H2,(H,20,21). The third-order valence-corrected chi connectivity index (χ3v) is 3.68. The van der Waals surface area contributed by atoms with Gasteiger partial charge >= 0.3 is 0 Å². The number of halogens is 2. The summed E-state index contributed by atoms with van der Waals surface area (Å²) in [6, 6.07) is 8.04. The maximum Gasteiger partial charge on any atom is 0.224 e. The molecule has 3 rings (SSSR count). The van der Waals surface area contributed by atoms with E-state index in [1.54, 1.807) is 12.1 Å². The summed E-state index contributed by atoms with van der Waals surface area (Å²) in [6.45, 7) is 0. The zero-order valence-corrected chi connectivity index (χ0v) is 11.8. The molecule has 0 fully saturated rings. The van der Waals surface area contributed by atoms with E-state index in [4.69, 9.17) is 17.3 Å². The highest BCUT2D eigenvalue weighted by molar-refractivity contribution is 6.30.